The first kappa shape index (κ1) is 21.4. The Morgan fingerprint density at radius 2 is 1.80 bits per heavy atom. The Morgan fingerprint density at radius 1 is 1.10 bits per heavy atom. The Labute approximate surface area is 173 Å². The van der Waals surface area contributed by atoms with Gasteiger partial charge in [0, 0.05) is 11.6 Å². The number of carboxylic acid groups (broad SMARTS) is 1. The van der Waals surface area contributed by atoms with Gasteiger partial charge in [0.2, 0.25) is 0 Å². The molecule has 0 atom stereocenters. The van der Waals surface area contributed by atoms with Gasteiger partial charge in [0.25, 0.3) is 10.0 Å². The number of ether oxygens (including phenoxy) is 2. The molecule has 3 rings (SSSR count). The summed E-state index contributed by atoms with van der Waals surface area (Å²) in [7, 11) is -3.96. The predicted octanol–water partition coefficient (Wildman–Crippen LogP) is 2.76. The Kier molecular flexibility index (Phi) is 6.12. The number of esters is 1. The van der Waals surface area contributed by atoms with Crippen molar-refractivity contribution < 1.29 is 32.6 Å². The number of hydrogen-bond acceptors (Lipinski definition) is 6. The lowest BCUT2D eigenvalue weighted by Gasteiger charge is -2.09. The number of rotatable bonds is 8. The molecule has 0 aliphatic heterocycles. The SMILES string of the molecule is CCOC(=O)Cc1cn(S(=O)(=O)c2ccc(C)cc2)c2cccc(OCC(=O)O)c12. The van der Waals surface area contributed by atoms with E-state index in [0.29, 0.717) is 10.9 Å². The highest BCUT2D eigenvalue weighted by atomic mass is 32.2. The molecular weight excluding hydrogens is 410 g/mol. The van der Waals surface area contributed by atoms with Gasteiger partial charge in [-0.2, -0.15) is 0 Å². The zero-order chi connectivity index (χ0) is 21.9. The molecule has 3 aromatic rings. The monoisotopic (exact) mass is 431 g/mol. The molecule has 0 aliphatic rings. The van der Waals surface area contributed by atoms with Gasteiger partial charge in [-0.3, -0.25) is 4.79 Å². The van der Waals surface area contributed by atoms with Crippen LogP contribution in [0.4, 0.5) is 0 Å². The normalized spacial score (nSPS) is 11.4. The fourth-order valence-electron chi connectivity index (χ4n) is 3.09. The maximum absolute atomic E-state index is 13.3. The van der Waals surface area contributed by atoms with E-state index in [2.05, 4.69) is 0 Å². The number of aryl methyl sites for hydroxylation is 1. The minimum Gasteiger partial charge on any atom is -0.481 e. The lowest BCUT2D eigenvalue weighted by Crippen LogP contribution is -2.12. The number of hydrogen-bond donors (Lipinski definition) is 1. The maximum Gasteiger partial charge on any atom is 0.341 e. The van der Waals surface area contributed by atoms with Crippen molar-refractivity contribution in [2.75, 3.05) is 13.2 Å². The van der Waals surface area contributed by atoms with Crippen molar-refractivity contribution >= 4 is 32.9 Å². The molecule has 9 heteroatoms. The molecule has 0 saturated carbocycles. The molecular formula is C21H21NO7S. The Bertz CT molecular complexity index is 1190. The predicted molar refractivity (Wildman–Crippen MR) is 109 cm³/mol. The topological polar surface area (TPSA) is 112 Å². The van der Waals surface area contributed by atoms with Gasteiger partial charge in [0.15, 0.2) is 6.61 Å². The van der Waals surface area contributed by atoms with E-state index in [4.69, 9.17) is 14.6 Å². The Balaban J connectivity index is 2.19. The van der Waals surface area contributed by atoms with E-state index in [1.807, 2.05) is 6.92 Å². The summed E-state index contributed by atoms with van der Waals surface area (Å²) in [6.07, 6.45) is 1.17. The lowest BCUT2D eigenvalue weighted by molar-refractivity contribution is -0.142. The summed E-state index contributed by atoms with van der Waals surface area (Å²) in [5, 5.41) is 9.29. The largest absolute Gasteiger partial charge is 0.481 e. The molecule has 1 N–H and O–H groups in total. The first-order valence-corrected chi connectivity index (χ1v) is 10.6. The molecule has 0 bridgehead atoms. The van der Waals surface area contributed by atoms with Crippen LogP contribution < -0.4 is 4.74 Å². The Morgan fingerprint density at radius 3 is 2.43 bits per heavy atom. The smallest absolute Gasteiger partial charge is 0.341 e. The van der Waals surface area contributed by atoms with Crippen molar-refractivity contribution in [1.29, 1.82) is 0 Å². The third kappa shape index (κ3) is 4.30. The van der Waals surface area contributed by atoms with E-state index in [0.717, 1.165) is 9.54 Å². The van der Waals surface area contributed by atoms with Gasteiger partial charge in [-0.05, 0) is 43.7 Å². The molecule has 0 unspecified atom stereocenters. The van der Waals surface area contributed by atoms with E-state index in [-0.39, 0.29) is 29.2 Å². The van der Waals surface area contributed by atoms with Crippen LogP contribution in [0, 0.1) is 6.92 Å². The average Bonchev–Trinajstić information content (AvgIpc) is 3.06. The van der Waals surface area contributed by atoms with E-state index in [1.54, 1.807) is 31.2 Å². The maximum atomic E-state index is 13.3. The zero-order valence-corrected chi connectivity index (χ0v) is 17.3. The van der Waals surface area contributed by atoms with Crippen LogP contribution in [0.1, 0.15) is 18.1 Å². The average molecular weight is 431 g/mol. The number of benzene rings is 2. The molecule has 8 nitrogen and oxygen atoms in total. The quantitative estimate of drug-likeness (QED) is 0.546. The summed E-state index contributed by atoms with van der Waals surface area (Å²) in [6.45, 7) is 3.10. The van der Waals surface area contributed by atoms with Gasteiger partial charge >= 0.3 is 11.9 Å². The van der Waals surface area contributed by atoms with E-state index in [9.17, 15) is 18.0 Å². The third-order valence-electron chi connectivity index (χ3n) is 4.40. The number of nitrogens with zero attached hydrogens (tertiary/aromatic N) is 1. The molecule has 0 aliphatic carbocycles. The van der Waals surface area contributed by atoms with Crippen molar-refractivity contribution in [3.63, 3.8) is 0 Å². The van der Waals surface area contributed by atoms with Crippen LogP contribution in [0.3, 0.4) is 0 Å². The fourth-order valence-corrected chi connectivity index (χ4v) is 4.47. The summed E-state index contributed by atoms with van der Waals surface area (Å²) in [4.78, 5) is 23.1. The van der Waals surface area contributed by atoms with E-state index in [1.165, 1.54) is 24.4 Å². The molecule has 0 fully saturated rings. The minimum atomic E-state index is -3.96. The third-order valence-corrected chi connectivity index (χ3v) is 6.09. The zero-order valence-electron chi connectivity index (χ0n) is 16.5. The first-order valence-electron chi connectivity index (χ1n) is 9.19. The number of carbonyl (C=O) groups is 2. The van der Waals surface area contributed by atoms with Crippen molar-refractivity contribution in [2.45, 2.75) is 25.2 Å². The van der Waals surface area contributed by atoms with Crippen LogP contribution in [0.2, 0.25) is 0 Å². The number of aliphatic carboxylic acids is 1. The molecule has 1 heterocycles. The highest BCUT2D eigenvalue weighted by Gasteiger charge is 2.24. The van der Waals surface area contributed by atoms with Gasteiger partial charge in [0.1, 0.15) is 5.75 Å². The first-order chi connectivity index (χ1) is 14.2. The summed E-state index contributed by atoms with van der Waals surface area (Å²) < 4.78 is 38.0. The second-order valence-corrected chi connectivity index (χ2v) is 8.40. The summed E-state index contributed by atoms with van der Waals surface area (Å²) in [5.74, 6) is -1.53. The van der Waals surface area contributed by atoms with Gasteiger partial charge in [0.05, 0.1) is 23.4 Å². The number of fused-ring (bicyclic) bond motifs is 1. The second kappa shape index (κ2) is 8.58. The summed E-state index contributed by atoms with van der Waals surface area (Å²) >= 11 is 0. The number of carbonyl (C=O) groups excluding carboxylic acids is 1. The molecule has 0 spiro atoms. The highest BCUT2D eigenvalue weighted by molar-refractivity contribution is 7.90. The Hall–Kier alpha value is -3.33. The van der Waals surface area contributed by atoms with Crippen LogP contribution >= 0.6 is 0 Å². The van der Waals surface area contributed by atoms with Gasteiger partial charge in [-0.1, -0.05) is 23.8 Å². The van der Waals surface area contributed by atoms with E-state index >= 15 is 0 Å². The van der Waals surface area contributed by atoms with Crippen LogP contribution in [-0.2, 0) is 30.8 Å². The fraction of sp³-hybridized carbons (Fsp3) is 0.238. The highest BCUT2D eigenvalue weighted by Crippen LogP contribution is 2.33. The van der Waals surface area contributed by atoms with E-state index < -0.39 is 28.6 Å². The summed E-state index contributed by atoms with van der Waals surface area (Å²) in [5.41, 5.74) is 1.55. The number of aromatic nitrogens is 1. The minimum absolute atomic E-state index is 0.0875. The van der Waals surface area contributed by atoms with Crippen molar-refractivity contribution in [1.82, 2.24) is 3.97 Å². The molecule has 1 aromatic heterocycles. The van der Waals surface area contributed by atoms with Crippen molar-refractivity contribution in [3.05, 3.63) is 59.8 Å². The standard InChI is InChI=1S/C21H21NO7S/c1-3-28-20(25)11-15-12-22(30(26,27)16-9-7-14(2)8-10-16)17-5-4-6-18(21(15)17)29-13-19(23)24/h4-10,12H,3,11,13H2,1-2H3,(H,23,24). The van der Waals surface area contributed by atoms with Crippen molar-refractivity contribution in [2.24, 2.45) is 0 Å². The van der Waals surface area contributed by atoms with Gasteiger partial charge < -0.3 is 14.6 Å². The second-order valence-electron chi connectivity index (χ2n) is 6.58. The van der Waals surface area contributed by atoms with Crippen molar-refractivity contribution in [3.8, 4) is 5.75 Å². The van der Waals surface area contributed by atoms with Gasteiger partial charge in [-0.15, -0.1) is 0 Å². The molecule has 0 amide bonds. The lowest BCUT2D eigenvalue weighted by atomic mass is 10.1. The molecule has 30 heavy (non-hydrogen) atoms. The molecule has 158 valence electrons. The molecule has 0 radical (unpaired) electrons. The van der Waals surface area contributed by atoms with Crippen LogP contribution in [0.15, 0.2) is 53.6 Å². The van der Waals surface area contributed by atoms with Crippen LogP contribution in [0.25, 0.3) is 10.9 Å². The molecule has 0 saturated heterocycles. The van der Waals surface area contributed by atoms with Crippen LogP contribution in [-0.4, -0.2) is 42.6 Å². The van der Waals surface area contributed by atoms with Crippen LogP contribution in [0.5, 0.6) is 5.75 Å². The van der Waals surface area contributed by atoms with Gasteiger partial charge in [-0.25, -0.2) is 17.2 Å². The number of carboxylic acids is 1. The molecule has 2 aromatic carbocycles. The summed E-state index contributed by atoms with van der Waals surface area (Å²) in [6, 6.07) is 11.1.